The van der Waals surface area contributed by atoms with Crippen molar-refractivity contribution in [3.63, 3.8) is 0 Å². The SMILES string of the molecule is CC/C=C\C/C=C\C/C=C\C/C=C\C/C=C\C/C=C\CCC(=O)CCCSSCCNC=O. The normalized spacial score (nSPS) is 12.5. The number of rotatable bonds is 23. The van der Waals surface area contributed by atoms with Crippen LogP contribution < -0.4 is 5.32 Å². The first kappa shape index (κ1) is 31.3. The molecule has 0 rings (SSSR count). The lowest BCUT2D eigenvalue weighted by atomic mass is 10.1. The van der Waals surface area contributed by atoms with Crippen LogP contribution in [-0.2, 0) is 9.59 Å². The van der Waals surface area contributed by atoms with Crippen LogP contribution >= 0.6 is 21.6 Å². The molecule has 0 saturated carbocycles. The van der Waals surface area contributed by atoms with Gasteiger partial charge >= 0.3 is 0 Å². The van der Waals surface area contributed by atoms with Crippen LogP contribution in [0.4, 0.5) is 0 Å². The summed E-state index contributed by atoms with van der Waals surface area (Å²) in [4.78, 5) is 22.0. The molecule has 1 N–H and O–H groups in total. The van der Waals surface area contributed by atoms with Gasteiger partial charge in [0.05, 0.1) is 0 Å². The van der Waals surface area contributed by atoms with Gasteiger partial charge in [0, 0.05) is 30.9 Å². The van der Waals surface area contributed by atoms with E-state index in [1.165, 1.54) is 0 Å². The fraction of sp³-hybridized carbons (Fsp3) is 0.500. The van der Waals surface area contributed by atoms with Crippen molar-refractivity contribution < 1.29 is 9.59 Å². The summed E-state index contributed by atoms with van der Waals surface area (Å²) >= 11 is 0. The fourth-order valence-corrected chi connectivity index (χ4v) is 4.62. The monoisotopic (exact) mass is 489 g/mol. The standard InChI is InChI=1S/C28H43NO2S2/c1-2-3-4-5-6-7-8-9-10-11-12-13-14-15-16-17-18-19-20-22-28(31)23-21-25-32-33-26-24-29-27-30/h3-4,6-7,9-10,12-13,15-16,18-19,27H,2,5,8,11,14,17,20-26H2,1H3,(H,29,30)/b4-3-,7-6-,10-9-,13-12-,16-15-,19-18-. The molecule has 0 saturated heterocycles. The molecule has 5 heteroatoms. The Morgan fingerprint density at radius 2 is 1.15 bits per heavy atom. The highest BCUT2D eigenvalue weighted by Gasteiger charge is 2.00. The lowest BCUT2D eigenvalue weighted by Crippen LogP contribution is -2.13. The molecule has 0 radical (unpaired) electrons. The highest BCUT2D eigenvalue weighted by molar-refractivity contribution is 8.76. The number of nitrogens with one attached hydrogen (secondary N) is 1. The summed E-state index contributed by atoms with van der Waals surface area (Å²) in [6.07, 6.45) is 36.1. The minimum Gasteiger partial charge on any atom is -0.358 e. The van der Waals surface area contributed by atoms with E-state index in [0.29, 0.717) is 25.2 Å². The molecule has 0 heterocycles. The zero-order chi connectivity index (χ0) is 24.1. The maximum atomic E-state index is 11.9. The van der Waals surface area contributed by atoms with Crippen molar-refractivity contribution in [2.24, 2.45) is 0 Å². The fourth-order valence-electron chi connectivity index (χ4n) is 2.61. The minimum absolute atomic E-state index is 0.350. The van der Waals surface area contributed by atoms with Crippen LogP contribution in [0.5, 0.6) is 0 Å². The number of ketones is 1. The van der Waals surface area contributed by atoms with E-state index in [0.717, 1.165) is 69.3 Å². The molecule has 0 aliphatic rings. The van der Waals surface area contributed by atoms with Gasteiger partial charge in [-0.05, 0) is 51.4 Å². The van der Waals surface area contributed by atoms with Crippen LogP contribution in [-0.4, -0.2) is 30.2 Å². The summed E-state index contributed by atoms with van der Waals surface area (Å²) < 4.78 is 0. The van der Waals surface area contributed by atoms with Crippen molar-refractivity contribution in [1.29, 1.82) is 0 Å². The van der Waals surface area contributed by atoms with Crippen LogP contribution in [0.1, 0.15) is 71.1 Å². The van der Waals surface area contributed by atoms with E-state index in [9.17, 15) is 9.59 Å². The molecule has 0 aromatic rings. The zero-order valence-corrected chi connectivity index (χ0v) is 22.0. The van der Waals surface area contributed by atoms with Gasteiger partial charge in [0.1, 0.15) is 5.78 Å². The van der Waals surface area contributed by atoms with Crippen molar-refractivity contribution >= 4 is 33.8 Å². The van der Waals surface area contributed by atoms with E-state index < -0.39 is 0 Å². The van der Waals surface area contributed by atoms with E-state index in [1.54, 1.807) is 21.6 Å². The van der Waals surface area contributed by atoms with Gasteiger partial charge in [0.15, 0.2) is 0 Å². The van der Waals surface area contributed by atoms with Gasteiger partial charge in [0.2, 0.25) is 6.41 Å². The van der Waals surface area contributed by atoms with E-state index in [4.69, 9.17) is 0 Å². The van der Waals surface area contributed by atoms with E-state index in [2.05, 4.69) is 85.2 Å². The zero-order valence-electron chi connectivity index (χ0n) is 20.3. The number of Topliss-reactive ketones (excluding diaryl/α,β-unsaturated/α-hetero) is 1. The molecule has 0 aliphatic heterocycles. The summed E-state index contributed by atoms with van der Waals surface area (Å²) in [5.74, 6) is 2.24. The molecule has 0 atom stereocenters. The third kappa shape index (κ3) is 28.2. The molecule has 0 fully saturated rings. The Morgan fingerprint density at radius 3 is 1.67 bits per heavy atom. The largest absolute Gasteiger partial charge is 0.358 e. The Balaban J connectivity index is 3.51. The van der Waals surface area contributed by atoms with Gasteiger partial charge in [0.25, 0.3) is 0 Å². The van der Waals surface area contributed by atoms with Gasteiger partial charge in [-0.15, -0.1) is 0 Å². The van der Waals surface area contributed by atoms with Crippen molar-refractivity contribution in [2.45, 2.75) is 71.1 Å². The van der Waals surface area contributed by atoms with Crippen molar-refractivity contribution in [2.75, 3.05) is 18.1 Å². The lowest BCUT2D eigenvalue weighted by molar-refractivity contribution is -0.119. The van der Waals surface area contributed by atoms with Gasteiger partial charge in [-0.1, -0.05) is 101 Å². The number of hydrogen-bond donors (Lipinski definition) is 1. The van der Waals surface area contributed by atoms with Gasteiger partial charge < -0.3 is 5.32 Å². The van der Waals surface area contributed by atoms with Crippen LogP contribution in [0, 0.1) is 0 Å². The van der Waals surface area contributed by atoms with E-state index in [1.807, 2.05) is 0 Å². The third-order valence-corrected chi connectivity index (χ3v) is 6.86. The van der Waals surface area contributed by atoms with Crippen molar-refractivity contribution in [3.05, 3.63) is 72.9 Å². The third-order valence-electron chi connectivity index (χ3n) is 4.37. The molecular formula is C28H43NO2S2. The molecular weight excluding hydrogens is 446 g/mol. The second kappa shape index (κ2) is 28.3. The molecule has 33 heavy (non-hydrogen) atoms. The summed E-state index contributed by atoms with van der Waals surface area (Å²) in [5.41, 5.74) is 0. The van der Waals surface area contributed by atoms with Gasteiger partial charge in [-0.2, -0.15) is 0 Å². The van der Waals surface area contributed by atoms with Crippen LogP contribution in [0.3, 0.4) is 0 Å². The number of carbonyl (C=O) groups excluding carboxylic acids is 2. The Morgan fingerprint density at radius 1 is 0.667 bits per heavy atom. The molecule has 0 bridgehead atoms. The van der Waals surface area contributed by atoms with E-state index in [-0.39, 0.29) is 0 Å². The Labute approximate surface area is 210 Å². The lowest BCUT2D eigenvalue weighted by Gasteiger charge is -2.01. The first-order chi connectivity index (χ1) is 16.3. The van der Waals surface area contributed by atoms with Crippen LogP contribution in [0.2, 0.25) is 0 Å². The quantitative estimate of drug-likeness (QED) is 0.0685. The molecule has 0 aliphatic carbocycles. The first-order valence-electron chi connectivity index (χ1n) is 12.1. The molecule has 184 valence electrons. The molecule has 0 spiro atoms. The summed E-state index contributed by atoms with van der Waals surface area (Å²) in [6, 6.07) is 0. The van der Waals surface area contributed by atoms with Gasteiger partial charge in [-0.25, -0.2) is 0 Å². The number of carbonyl (C=O) groups is 2. The highest BCUT2D eigenvalue weighted by Crippen LogP contribution is 2.21. The number of amides is 1. The van der Waals surface area contributed by atoms with Crippen molar-refractivity contribution in [3.8, 4) is 0 Å². The molecule has 0 aromatic carbocycles. The summed E-state index contributed by atoms with van der Waals surface area (Å²) in [6.45, 7) is 2.85. The molecule has 0 unspecified atom stereocenters. The molecule has 0 aromatic heterocycles. The predicted molar refractivity (Wildman–Crippen MR) is 151 cm³/mol. The molecule has 1 amide bonds. The number of hydrogen-bond acceptors (Lipinski definition) is 4. The smallest absolute Gasteiger partial charge is 0.207 e. The average Bonchev–Trinajstić information content (AvgIpc) is 2.82. The topological polar surface area (TPSA) is 46.2 Å². The maximum Gasteiger partial charge on any atom is 0.207 e. The van der Waals surface area contributed by atoms with E-state index >= 15 is 0 Å². The summed E-state index contributed by atoms with van der Waals surface area (Å²) in [7, 11) is 3.51. The highest BCUT2D eigenvalue weighted by atomic mass is 33.1. The minimum atomic E-state index is 0.350. The average molecular weight is 490 g/mol. The Kier molecular flexibility index (Phi) is 26.8. The van der Waals surface area contributed by atoms with Crippen molar-refractivity contribution in [1.82, 2.24) is 5.32 Å². The second-order valence-electron chi connectivity index (χ2n) is 7.31. The molecule has 3 nitrogen and oxygen atoms in total. The Hall–Kier alpha value is -1.72. The van der Waals surface area contributed by atoms with Gasteiger partial charge in [-0.3, -0.25) is 9.59 Å². The second-order valence-corrected chi connectivity index (χ2v) is 10.0. The number of allylic oxidation sites excluding steroid dienone is 12. The van der Waals surface area contributed by atoms with Crippen LogP contribution in [0.25, 0.3) is 0 Å². The Bertz CT molecular complexity index is 634. The predicted octanol–water partition coefficient (Wildman–Crippen LogP) is 7.94. The van der Waals surface area contributed by atoms with Crippen LogP contribution in [0.15, 0.2) is 72.9 Å². The maximum absolute atomic E-state index is 11.9. The summed E-state index contributed by atoms with van der Waals surface area (Å²) in [5, 5.41) is 2.64. The first-order valence-corrected chi connectivity index (χ1v) is 14.6.